The van der Waals surface area contributed by atoms with Gasteiger partial charge in [-0.3, -0.25) is 4.68 Å². The van der Waals surface area contributed by atoms with Crippen molar-refractivity contribution in [3.05, 3.63) is 17.5 Å². The molecule has 1 atom stereocenters. The topological polar surface area (TPSA) is 29.9 Å². The molecule has 0 fully saturated rings. The van der Waals surface area contributed by atoms with Gasteiger partial charge in [-0.25, -0.2) is 0 Å². The van der Waals surface area contributed by atoms with Crippen molar-refractivity contribution in [2.75, 3.05) is 13.6 Å². The van der Waals surface area contributed by atoms with Crippen LogP contribution in [-0.2, 0) is 13.5 Å². The molecule has 0 amide bonds. The maximum atomic E-state index is 4.32. The monoisotopic (exact) mass is 179 g/mol. The zero-order valence-corrected chi connectivity index (χ0v) is 8.38. The molecule has 1 aliphatic carbocycles. The van der Waals surface area contributed by atoms with Gasteiger partial charge in [-0.15, -0.1) is 0 Å². The number of hydrogen-bond donors (Lipinski definition) is 1. The molecule has 1 N–H and O–H groups in total. The molecule has 3 nitrogen and oxygen atoms in total. The Morgan fingerprint density at radius 3 is 3.31 bits per heavy atom. The lowest BCUT2D eigenvalue weighted by molar-refractivity contribution is 0.495. The van der Waals surface area contributed by atoms with Crippen LogP contribution >= 0.6 is 0 Å². The molecule has 0 aromatic carbocycles. The number of aromatic nitrogens is 2. The van der Waals surface area contributed by atoms with Gasteiger partial charge in [-0.2, -0.15) is 5.10 Å². The first-order chi connectivity index (χ1) is 6.33. The Morgan fingerprint density at radius 1 is 1.69 bits per heavy atom. The second-order valence-corrected chi connectivity index (χ2v) is 3.83. The number of hydrogen-bond acceptors (Lipinski definition) is 2. The van der Waals surface area contributed by atoms with Crippen molar-refractivity contribution >= 4 is 0 Å². The summed E-state index contributed by atoms with van der Waals surface area (Å²) in [6.07, 6.45) is 5.85. The molecule has 1 aliphatic rings. The van der Waals surface area contributed by atoms with Gasteiger partial charge < -0.3 is 5.32 Å². The third kappa shape index (κ3) is 1.48. The summed E-state index contributed by atoms with van der Waals surface area (Å²) >= 11 is 0. The predicted molar refractivity (Wildman–Crippen MR) is 52.8 cm³/mol. The fourth-order valence-electron chi connectivity index (χ4n) is 2.33. The SMILES string of the molecule is CNCC1CCCc2cnn(C)c21. The normalized spacial score (nSPS) is 21.5. The van der Waals surface area contributed by atoms with Crippen molar-refractivity contribution in [2.45, 2.75) is 25.2 Å². The molecule has 2 rings (SSSR count). The zero-order valence-electron chi connectivity index (χ0n) is 8.38. The number of aryl methyl sites for hydroxylation is 2. The average Bonchev–Trinajstić information content (AvgIpc) is 2.50. The standard InChI is InChI=1S/C10H17N3/c1-11-6-8-4-3-5-9-7-12-13(2)10(8)9/h7-8,11H,3-6H2,1-2H3. The van der Waals surface area contributed by atoms with E-state index in [1.165, 1.54) is 30.5 Å². The van der Waals surface area contributed by atoms with Crippen LogP contribution in [0.15, 0.2) is 6.20 Å². The molecule has 0 spiro atoms. The molecular formula is C10H17N3. The van der Waals surface area contributed by atoms with Gasteiger partial charge in [-0.1, -0.05) is 0 Å². The lowest BCUT2D eigenvalue weighted by atomic mass is 9.88. The Labute approximate surface area is 79.1 Å². The van der Waals surface area contributed by atoms with Gasteiger partial charge in [0.1, 0.15) is 0 Å². The van der Waals surface area contributed by atoms with E-state index in [0.29, 0.717) is 5.92 Å². The van der Waals surface area contributed by atoms with Crippen LogP contribution in [-0.4, -0.2) is 23.4 Å². The minimum absolute atomic E-state index is 0.668. The zero-order chi connectivity index (χ0) is 9.26. The number of rotatable bonds is 2. The van der Waals surface area contributed by atoms with E-state index in [9.17, 15) is 0 Å². The number of nitrogens with one attached hydrogen (secondary N) is 1. The van der Waals surface area contributed by atoms with Crippen molar-refractivity contribution in [1.29, 1.82) is 0 Å². The third-order valence-corrected chi connectivity index (χ3v) is 2.90. The molecule has 1 aromatic rings. The molecule has 0 saturated heterocycles. The van der Waals surface area contributed by atoms with Crippen LogP contribution in [0.2, 0.25) is 0 Å². The van der Waals surface area contributed by atoms with Crippen LogP contribution in [0.4, 0.5) is 0 Å². The van der Waals surface area contributed by atoms with Crippen molar-refractivity contribution in [3.8, 4) is 0 Å². The van der Waals surface area contributed by atoms with Crippen molar-refractivity contribution in [2.24, 2.45) is 7.05 Å². The summed E-state index contributed by atoms with van der Waals surface area (Å²) in [6.45, 7) is 1.08. The van der Waals surface area contributed by atoms with Crippen molar-refractivity contribution < 1.29 is 0 Å². The fraction of sp³-hybridized carbons (Fsp3) is 0.700. The summed E-state index contributed by atoms with van der Waals surface area (Å²) in [6, 6.07) is 0. The second-order valence-electron chi connectivity index (χ2n) is 3.83. The van der Waals surface area contributed by atoms with E-state index in [4.69, 9.17) is 0 Å². The highest BCUT2D eigenvalue weighted by atomic mass is 15.3. The summed E-state index contributed by atoms with van der Waals surface area (Å²) in [5, 5.41) is 7.57. The predicted octanol–water partition coefficient (Wildman–Crippen LogP) is 1.06. The molecule has 0 saturated carbocycles. The van der Waals surface area contributed by atoms with Gasteiger partial charge in [0.05, 0.1) is 6.20 Å². The molecule has 1 aromatic heterocycles. The molecule has 0 radical (unpaired) electrons. The Morgan fingerprint density at radius 2 is 2.54 bits per heavy atom. The van der Waals surface area contributed by atoms with Crippen molar-refractivity contribution in [1.82, 2.24) is 15.1 Å². The largest absolute Gasteiger partial charge is 0.319 e. The van der Waals surface area contributed by atoms with E-state index in [1.54, 1.807) is 0 Å². The van der Waals surface area contributed by atoms with Crippen LogP contribution < -0.4 is 5.32 Å². The average molecular weight is 179 g/mol. The van der Waals surface area contributed by atoms with Gasteiger partial charge in [0, 0.05) is 25.2 Å². The lowest BCUT2D eigenvalue weighted by Gasteiger charge is -2.22. The Balaban J connectivity index is 2.29. The van der Waals surface area contributed by atoms with Gasteiger partial charge in [0.15, 0.2) is 0 Å². The van der Waals surface area contributed by atoms with E-state index in [2.05, 4.69) is 10.4 Å². The van der Waals surface area contributed by atoms with Gasteiger partial charge in [0.2, 0.25) is 0 Å². The van der Waals surface area contributed by atoms with Crippen LogP contribution in [0, 0.1) is 0 Å². The Hall–Kier alpha value is -0.830. The molecule has 0 aliphatic heterocycles. The highest BCUT2D eigenvalue weighted by molar-refractivity contribution is 5.24. The molecule has 1 unspecified atom stereocenters. The number of fused-ring (bicyclic) bond motifs is 1. The van der Waals surface area contributed by atoms with E-state index >= 15 is 0 Å². The molecule has 3 heteroatoms. The maximum Gasteiger partial charge on any atom is 0.0524 e. The van der Waals surface area contributed by atoms with E-state index < -0.39 is 0 Å². The maximum absolute atomic E-state index is 4.32. The Bertz CT molecular complexity index is 290. The summed E-state index contributed by atoms with van der Waals surface area (Å²) in [4.78, 5) is 0. The highest BCUT2D eigenvalue weighted by Gasteiger charge is 2.22. The minimum Gasteiger partial charge on any atom is -0.319 e. The summed E-state index contributed by atoms with van der Waals surface area (Å²) in [7, 11) is 4.07. The number of nitrogens with zero attached hydrogens (tertiary/aromatic N) is 2. The summed E-state index contributed by atoms with van der Waals surface area (Å²) in [5.74, 6) is 0.668. The minimum atomic E-state index is 0.668. The molecule has 1 heterocycles. The smallest absolute Gasteiger partial charge is 0.0524 e. The molecule has 13 heavy (non-hydrogen) atoms. The third-order valence-electron chi connectivity index (χ3n) is 2.90. The van der Waals surface area contributed by atoms with Crippen LogP contribution in [0.1, 0.15) is 30.0 Å². The highest BCUT2D eigenvalue weighted by Crippen LogP contribution is 2.30. The lowest BCUT2D eigenvalue weighted by Crippen LogP contribution is -2.23. The Kier molecular flexibility index (Phi) is 2.36. The molecule has 72 valence electrons. The second kappa shape index (κ2) is 3.50. The first-order valence-corrected chi connectivity index (χ1v) is 4.98. The van der Waals surface area contributed by atoms with E-state index in [1.807, 2.05) is 25.0 Å². The summed E-state index contributed by atoms with van der Waals surface area (Å²) in [5.41, 5.74) is 2.90. The first kappa shape index (κ1) is 8.75. The number of likely N-dealkylation sites (N-methyl/N-ethyl adjacent to an activating group) is 1. The molecular weight excluding hydrogens is 162 g/mol. The van der Waals surface area contributed by atoms with Gasteiger partial charge in [-0.05, 0) is 31.9 Å². The van der Waals surface area contributed by atoms with Crippen molar-refractivity contribution in [3.63, 3.8) is 0 Å². The van der Waals surface area contributed by atoms with Crippen LogP contribution in [0.5, 0.6) is 0 Å². The quantitative estimate of drug-likeness (QED) is 0.735. The van der Waals surface area contributed by atoms with Gasteiger partial charge >= 0.3 is 0 Å². The fourth-order valence-corrected chi connectivity index (χ4v) is 2.33. The van der Waals surface area contributed by atoms with Gasteiger partial charge in [0.25, 0.3) is 0 Å². The van der Waals surface area contributed by atoms with Crippen LogP contribution in [0.25, 0.3) is 0 Å². The van der Waals surface area contributed by atoms with E-state index in [0.717, 1.165) is 6.54 Å². The first-order valence-electron chi connectivity index (χ1n) is 4.98. The van der Waals surface area contributed by atoms with E-state index in [-0.39, 0.29) is 0 Å². The van der Waals surface area contributed by atoms with Crippen LogP contribution in [0.3, 0.4) is 0 Å². The summed E-state index contributed by atoms with van der Waals surface area (Å²) < 4.78 is 2.04. The molecule has 0 bridgehead atoms.